The Morgan fingerprint density at radius 1 is 1.17 bits per heavy atom. The molecule has 0 amide bonds. The van der Waals surface area contributed by atoms with Crippen LogP contribution in [0, 0.1) is 0 Å². The first-order chi connectivity index (χ1) is 10.6. The molecule has 0 heterocycles. The highest BCUT2D eigenvalue weighted by Crippen LogP contribution is 2.30. The average Bonchev–Trinajstić information content (AvgIpc) is 2.45. The molecule has 2 unspecified atom stereocenters. The van der Waals surface area contributed by atoms with E-state index in [1.807, 2.05) is 28.1 Å². The first-order valence-electron chi connectivity index (χ1n) is 7.98. The molecule has 1 rings (SSSR count). The molecule has 0 fully saturated rings. The number of nitrogens with zero attached hydrogens (tertiary/aromatic N) is 1. The highest BCUT2D eigenvalue weighted by molar-refractivity contribution is 6.04. The summed E-state index contributed by atoms with van der Waals surface area (Å²) in [5.74, 6) is -1.69. The van der Waals surface area contributed by atoms with Crippen LogP contribution >= 0.6 is 0 Å². The fourth-order valence-electron chi connectivity index (χ4n) is 3.08. The molecule has 0 aliphatic carbocycles. The van der Waals surface area contributed by atoms with Crippen molar-refractivity contribution in [3.63, 3.8) is 0 Å². The molecule has 23 heavy (non-hydrogen) atoms. The number of rotatable bonds is 9. The minimum Gasteiger partial charge on any atom is -0.481 e. The standard InChI is InChI=1S/C18H27NO4/c1-5-6-12-15(19(2,3)4)18(23,13-16(20)21)17(22)14-10-8-7-9-11-14/h7-11,15,23H,5-6,12-13H2,1-4H3/p+1. The number of ketones is 1. The van der Waals surface area contributed by atoms with E-state index in [0.717, 1.165) is 12.8 Å². The maximum absolute atomic E-state index is 12.9. The first kappa shape index (κ1) is 19.3. The Morgan fingerprint density at radius 2 is 1.74 bits per heavy atom. The Morgan fingerprint density at radius 3 is 2.17 bits per heavy atom. The third-order valence-corrected chi connectivity index (χ3v) is 4.17. The van der Waals surface area contributed by atoms with Crippen molar-refractivity contribution in [3.05, 3.63) is 35.9 Å². The molecule has 1 aromatic carbocycles. The number of benzene rings is 1. The van der Waals surface area contributed by atoms with Crippen LogP contribution in [-0.2, 0) is 4.79 Å². The summed E-state index contributed by atoms with van der Waals surface area (Å²) in [7, 11) is 5.64. The quantitative estimate of drug-likeness (QED) is 0.540. The lowest BCUT2D eigenvalue weighted by molar-refractivity contribution is -0.902. The zero-order valence-electron chi connectivity index (χ0n) is 14.5. The van der Waals surface area contributed by atoms with E-state index in [1.165, 1.54) is 0 Å². The van der Waals surface area contributed by atoms with Crippen molar-refractivity contribution in [2.45, 2.75) is 44.2 Å². The SMILES string of the molecule is CCCCC(C(O)(CC(=O)O)C(=O)c1ccccc1)[N+](C)(C)C. The Labute approximate surface area is 138 Å². The zero-order chi connectivity index (χ0) is 17.7. The van der Waals surface area contributed by atoms with Crippen LogP contribution in [0.2, 0.25) is 0 Å². The lowest BCUT2D eigenvalue weighted by Crippen LogP contribution is -2.63. The van der Waals surface area contributed by atoms with Gasteiger partial charge in [-0.3, -0.25) is 9.59 Å². The van der Waals surface area contributed by atoms with Crippen LogP contribution in [0.5, 0.6) is 0 Å². The number of hydrogen-bond acceptors (Lipinski definition) is 3. The molecule has 5 heteroatoms. The third-order valence-electron chi connectivity index (χ3n) is 4.17. The monoisotopic (exact) mass is 322 g/mol. The summed E-state index contributed by atoms with van der Waals surface area (Å²) < 4.78 is 0.322. The molecule has 5 nitrogen and oxygen atoms in total. The van der Waals surface area contributed by atoms with Crippen LogP contribution < -0.4 is 0 Å². The lowest BCUT2D eigenvalue weighted by Gasteiger charge is -2.43. The van der Waals surface area contributed by atoms with Crippen LogP contribution in [0.3, 0.4) is 0 Å². The molecule has 2 atom stereocenters. The molecule has 128 valence electrons. The van der Waals surface area contributed by atoms with Crippen molar-refractivity contribution in [1.29, 1.82) is 0 Å². The van der Waals surface area contributed by atoms with E-state index in [2.05, 4.69) is 0 Å². The van der Waals surface area contributed by atoms with Gasteiger partial charge in [0.25, 0.3) is 0 Å². The third kappa shape index (κ3) is 4.88. The predicted octanol–water partition coefficient (Wildman–Crippen LogP) is 2.34. The van der Waals surface area contributed by atoms with Gasteiger partial charge in [0.15, 0.2) is 5.60 Å². The number of unbranched alkanes of at least 4 members (excludes halogenated alkanes) is 1. The number of hydrogen-bond donors (Lipinski definition) is 2. The van der Waals surface area contributed by atoms with Crippen molar-refractivity contribution >= 4 is 11.8 Å². The van der Waals surface area contributed by atoms with Crippen molar-refractivity contribution in [1.82, 2.24) is 0 Å². The topological polar surface area (TPSA) is 74.6 Å². The smallest absolute Gasteiger partial charge is 0.307 e. The number of likely N-dealkylation sites (N-methyl/N-ethyl adjacent to an activating group) is 1. The Kier molecular flexibility index (Phi) is 6.47. The zero-order valence-corrected chi connectivity index (χ0v) is 14.5. The Balaban J connectivity index is 3.32. The number of carbonyl (C=O) groups excluding carboxylic acids is 1. The number of carboxylic acid groups (broad SMARTS) is 1. The van der Waals surface area contributed by atoms with Gasteiger partial charge in [-0.2, -0.15) is 0 Å². The second-order valence-corrected chi connectivity index (χ2v) is 6.96. The van der Waals surface area contributed by atoms with Crippen molar-refractivity contribution in [2.24, 2.45) is 0 Å². The van der Waals surface area contributed by atoms with Crippen molar-refractivity contribution < 1.29 is 24.3 Å². The van der Waals surface area contributed by atoms with Crippen LogP contribution in [0.4, 0.5) is 0 Å². The summed E-state index contributed by atoms with van der Waals surface area (Å²) >= 11 is 0. The number of carbonyl (C=O) groups is 2. The van der Waals surface area contributed by atoms with Crippen LogP contribution in [0.15, 0.2) is 30.3 Å². The molecular weight excluding hydrogens is 294 g/mol. The normalized spacial score (nSPS) is 15.7. The number of Topliss-reactive ketones (excluding diaryl/α,β-unsaturated/α-hetero) is 1. The predicted molar refractivity (Wildman–Crippen MR) is 89.3 cm³/mol. The molecule has 0 spiro atoms. The molecular formula is C18H28NO4+. The van der Waals surface area contributed by atoms with Gasteiger partial charge in [0.05, 0.1) is 27.6 Å². The fourth-order valence-corrected chi connectivity index (χ4v) is 3.08. The first-order valence-corrected chi connectivity index (χ1v) is 7.98. The molecule has 2 N–H and O–H groups in total. The number of aliphatic carboxylic acids is 1. The second kappa shape index (κ2) is 7.70. The van der Waals surface area contributed by atoms with Gasteiger partial charge in [-0.15, -0.1) is 0 Å². The van der Waals surface area contributed by atoms with Crippen molar-refractivity contribution in [2.75, 3.05) is 21.1 Å². The average molecular weight is 322 g/mol. The number of carboxylic acids is 1. The van der Waals surface area contributed by atoms with E-state index in [4.69, 9.17) is 0 Å². The fraction of sp³-hybridized carbons (Fsp3) is 0.556. The minimum atomic E-state index is -1.93. The molecule has 0 aromatic heterocycles. The molecule has 1 aromatic rings. The van der Waals surface area contributed by atoms with E-state index in [-0.39, 0.29) is 0 Å². The van der Waals surface area contributed by atoms with Crippen LogP contribution in [0.1, 0.15) is 43.0 Å². The maximum atomic E-state index is 12.9. The largest absolute Gasteiger partial charge is 0.481 e. The van der Waals surface area contributed by atoms with Gasteiger partial charge in [-0.05, 0) is 6.42 Å². The van der Waals surface area contributed by atoms with Crippen LogP contribution in [-0.4, -0.2) is 59.2 Å². The summed E-state index contributed by atoms with van der Waals surface area (Å²) in [4.78, 5) is 24.3. The van der Waals surface area contributed by atoms with Gasteiger partial charge in [0.1, 0.15) is 6.04 Å². The number of quaternary nitrogens is 1. The van der Waals surface area contributed by atoms with Crippen molar-refractivity contribution in [3.8, 4) is 0 Å². The van der Waals surface area contributed by atoms with Gasteiger partial charge < -0.3 is 14.7 Å². The van der Waals surface area contributed by atoms with E-state index in [1.54, 1.807) is 30.3 Å². The Bertz CT molecular complexity index is 536. The molecule has 0 saturated carbocycles. The molecule has 0 bridgehead atoms. The summed E-state index contributed by atoms with van der Waals surface area (Å²) in [6.07, 6.45) is 1.73. The Hall–Kier alpha value is -1.72. The summed E-state index contributed by atoms with van der Waals surface area (Å²) in [5.41, 5.74) is -1.59. The molecule has 0 saturated heterocycles. The van der Waals surface area contributed by atoms with Gasteiger partial charge in [0, 0.05) is 12.0 Å². The summed E-state index contributed by atoms with van der Waals surface area (Å²) in [6.45, 7) is 2.03. The van der Waals surface area contributed by atoms with E-state index in [9.17, 15) is 19.8 Å². The second-order valence-electron chi connectivity index (χ2n) is 6.96. The highest BCUT2D eigenvalue weighted by Gasteiger charge is 2.51. The lowest BCUT2D eigenvalue weighted by atomic mass is 9.79. The molecule has 0 aliphatic rings. The van der Waals surface area contributed by atoms with E-state index >= 15 is 0 Å². The van der Waals surface area contributed by atoms with E-state index < -0.39 is 29.8 Å². The maximum Gasteiger partial charge on any atom is 0.307 e. The summed E-state index contributed by atoms with van der Waals surface area (Å²) in [5, 5.41) is 20.4. The van der Waals surface area contributed by atoms with Gasteiger partial charge in [-0.25, -0.2) is 0 Å². The number of aliphatic hydroxyl groups is 1. The minimum absolute atomic E-state index is 0.322. The van der Waals surface area contributed by atoms with Gasteiger partial charge in [-0.1, -0.05) is 43.7 Å². The molecule has 0 aliphatic heterocycles. The summed E-state index contributed by atoms with van der Waals surface area (Å²) in [6, 6.07) is 7.93. The van der Waals surface area contributed by atoms with E-state index in [0.29, 0.717) is 16.5 Å². The highest BCUT2D eigenvalue weighted by atomic mass is 16.4. The van der Waals surface area contributed by atoms with Gasteiger partial charge in [0.2, 0.25) is 5.78 Å². The van der Waals surface area contributed by atoms with Crippen LogP contribution in [0.25, 0.3) is 0 Å². The van der Waals surface area contributed by atoms with Gasteiger partial charge >= 0.3 is 5.97 Å². The molecule has 0 radical (unpaired) electrons.